The summed E-state index contributed by atoms with van der Waals surface area (Å²) < 4.78 is 0. The van der Waals surface area contributed by atoms with Gasteiger partial charge in [-0.15, -0.1) is 0 Å². The molecule has 106 valence electrons. The Balaban J connectivity index is 1.85. The molecule has 0 amide bonds. The Morgan fingerprint density at radius 3 is 3.14 bits per heavy atom. The molecule has 0 bridgehead atoms. The molecule has 4 nitrogen and oxygen atoms in total. The Bertz CT molecular complexity index is 785. The van der Waals surface area contributed by atoms with Crippen LogP contribution in [0.25, 0.3) is 17.0 Å². The molecular formula is C17H16N2O2. The van der Waals surface area contributed by atoms with E-state index in [4.69, 9.17) is 0 Å². The van der Waals surface area contributed by atoms with Crippen LogP contribution in [0.3, 0.4) is 0 Å². The molecule has 2 unspecified atom stereocenters. The molecule has 1 aliphatic heterocycles. The minimum atomic E-state index is -0.730. The quantitative estimate of drug-likeness (QED) is 0.843. The molecule has 0 spiro atoms. The average Bonchev–Trinajstić information content (AvgIpc) is 2.85. The zero-order valence-corrected chi connectivity index (χ0v) is 11.5. The second-order valence-electron chi connectivity index (χ2n) is 5.84. The van der Waals surface area contributed by atoms with E-state index in [1.54, 1.807) is 0 Å². The number of carboxylic acids is 1. The second-order valence-corrected chi connectivity index (χ2v) is 5.84. The molecule has 21 heavy (non-hydrogen) atoms. The number of hydrogen-bond acceptors (Lipinski definition) is 2. The Labute approximate surface area is 122 Å². The van der Waals surface area contributed by atoms with E-state index in [1.165, 1.54) is 10.9 Å². The van der Waals surface area contributed by atoms with Gasteiger partial charge in [-0.1, -0.05) is 12.2 Å². The fourth-order valence-corrected chi connectivity index (χ4v) is 3.40. The molecule has 2 heterocycles. The van der Waals surface area contributed by atoms with E-state index in [9.17, 15) is 9.90 Å². The summed E-state index contributed by atoms with van der Waals surface area (Å²) >= 11 is 0. The number of hydrogen-bond donors (Lipinski definition) is 2. The van der Waals surface area contributed by atoms with Crippen LogP contribution in [0.15, 0.2) is 35.5 Å². The van der Waals surface area contributed by atoms with Crippen molar-refractivity contribution in [1.29, 1.82) is 0 Å². The Morgan fingerprint density at radius 1 is 1.38 bits per heavy atom. The first kappa shape index (κ1) is 12.4. The van der Waals surface area contributed by atoms with Crippen molar-refractivity contribution in [3.8, 4) is 0 Å². The number of aliphatic imine (C=N–C) groups is 1. The van der Waals surface area contributed by atoms with Crippen LogP contribution < -0.4 is 0 Å². The molecule has 2 aromatic rings. The lowest BCUT2D eigenvalue weighted by molar-refractivity contribution is -0.141. The molecule has 1 aromatic carbocycles. The number of aliphatic carboxylic acids is 1. The normalized spacial score (nSPS) is 24.1. The van der Waals surface area contributed by atoms with E-state index in [1.807, 2.05) is 6.20 Å². The number of H-pyrrole nitrogens is 1. The van der Waals surface area contributed by atoms with Crippen molar-refractivity contribution in [2.75, 3.05) is 6.54 Å². The summed E-state index contributed by atoms with van der Waals surface area (Å²) in [6.07, 6.45) is 7.77. The number of nitrogens with one attached hydrogen (secondary N) is 1. The van der Waals surface area contributed by atoms with Gasteiger partial charge in [0.05, 0.1) is 12.5 Å². The van der Waals surface area contributed by atoms with Crippen molar-refractivity contribution in [3.63, 3.8) is 0 Å². The summed E-state index contributed by atoms with van der Waals surface area (Å²) in [6.45, 7) is 0.392. The number of rotatable bonds is 1. The molecule has 0 fully saturated rings. The molecule has 1 aliphatic carbocycles. The third-order valence-electron chi connectivity index (χ3n) is 4.50. The number of benzene rings is 1. The average molecular weight is 280 g/mol. The van der Waals surface area contributed by atoms with E-state index < -0.39 is 5.97 Å². The largest absolute Gasteiger partial charge is 0.481 e. The number of fused-ring (bicyclic) bond motifs is 4. The van der Waals surface area contributed by atoms with Crippen LogP contribution in [0, 0.1) is 11.8 Å². The number of nitrogens with zero attached hydrogens (tertiary/aromatic N) is 1. The van der Waals surface area contributed by atoms with Crippen LogP contribution in [0.5, 0.6) is 0 Å². The lowest BCUT2D eigenvalue weighted by atomic mass is 9.83. The molecule has 0 saturated heterocycles. The first-order chi connectivity index (χ1) is 10.2. The van der Waals surface area contributed by atoms with Crippen molar-refractivity contribution in [3.05, 3.63) is 41.6 Å². The SMILES string of the molecule is O=C(O)C1CN=C2c3cc4[nH]ccc4cc3C=CCC2C1. The Kier molecular flexibility index (Phi) is 2.70. The fourth-order valence-electron chi connectivity index (χ4n) is 3.40. The van der Waals surface area contributed by atoms with E-state index in [0.29, 0.717) is 13.0 Å². The van der Waals surface area contributed by atoms with Gasteiger partial charge < -0.3 is 10.1 Å². The van der Waals surface area contributed by atoms with Gasteiger partial charge in [0.1, 0.15) is 0 Å². The minimum Gasteiger partial charge on any atom is -0.481 e. The van der Waals surface area contributed by atoms with Gasteiger partial charge in [-0.2, -0.15) is 0 Å². The van der Waals surface area contributed by atoms with Crippen molar-refractivity contribution < 1.29 is 9.90 Å². The maximum atomic E-state index is 11.2. The van der Waals surface area contributed by atoms with E-state index >= 15 is 0 Å². The van der Waals surface area contributed by atoms with Crippen molar-refractivity contribution in [2.24, 2.45) is 16.8 Å². The van der Waals surface area contributed by atoms with Crippen molar-refractivity contribution in [2.45, 2.75) is 12.8 Å². The predicted octanol–water partition coefficient (Wildman–Crippen LogP) is 3.09. The van der Waals surface area contributed by atoms with Crippen LogP contribution in [-0.4, -0.2) is 28.3 Å². The molecule has 0 radical (unpaired) electrons. The Hall–Kier alpha value is -2.36. The summed E-state index contributed by atoms with van der Waals surface area (Å²) in [4.78, 5) is 19.1. The van der Waals surface area contributed by atoms with Gasteiger partial charge in [0.25, 0.3) is 0 Å². The predicted molar refractivity (Wildman–Crippen MR) is 82.6 cm³/mol. The van der Waals surface area contributed by atoms with Gasteiger partial charge in [-0.3, -0.25) is 9.79 Å². The van der Waals surface area contributed by atoms with Crippen molar-refractivity contribution >= 4 is 28.7 Å². The standard InChI is InChI=1S/C17H16N2O2/c20-17(21)13-7-12-3-1-2-10-6-11-4-5-18-15(11)8-14(10)16(12)19-9-13/h1-2,4-6,8,12-13,18H,3,7,9H2,(H,20,21). The number of aromatic nitrogens is 1. The zero-order chi connectivity index (χ0) is 14.4. The van der Waals surface area contributed by atoms with Gasteiger partial charge >= 0.3 is 5.97 Å². The maximum Gasteiger partial charge on any atom is 0.308 e. The summed E-state index contributed by atoms with van der Waals surface area (Å²) in [5, 5.41) is 10.4. The molecule has 2 atom stereocenters. The zero-order valence-electron chi connectivity index (χ0n) is 11.5. The fraction of sp³-hybridized carbons (Fsp3) is 0.294. The summed E-state index contributed by atoms with van der Waals surface area (Å²) in [7, 11) is 0. The lowest BCUT2D eigenvalue weighted by Crippen LogP contribution is -2.30. The van der Waals surface area contributed by atoms with Gasteiger partial charge in [-0.25, -0.2) is 0 Å². The first-order valence-electron chi connectivity index (χ1n) is 7.27. The van der Waals surface area contributed by atoms with Crippen LogP contribution >= 0.6 is 0 Å². The third-order valence-corrected chi connectivity index (χ3v) is 4.50. The highest BCUT2D eigenvalue weighted by Crippen LogP contribution is 2.33. The molecule has 2 N–H and O–H groups in total. The van der Waals surface area contributed by atoms with E-state index in [2.05, 4.69) is 40.3 Å². The topological polar surface area (TPSA) is 65.4 Å². The summed E-state index contributed by atoms with van der Waals surface area (Å²) in [5.74, 6) is -0.862. The highest BCUT2D eigenvalue weighted by molar-refractivity contribution is 6.08. The van der Waals surface area contributed by atoms with Crippen LogP contribution in [0.4, 0.5) is 0 Å². The van der Waals surface area contributed by atoms with Gasteiger partial charge in [0.2, 0.25) is 0 Å². The van der Waals surface area contributed by atoms with Crippen molar-refractivity contribution in [1.82, 2.24) is 4.98 Å². The lowest BCUT2D eigenvalue weighted by Gasteiger charge is -2.26. The van der Waals surface area contributed by atoms with Gasteiger partial charge in [0, 0.05) is 28.9 Å². The van der Waals surface area contributed by atoms with Crippen LogP contribution in [-0.2, 0) is 4.79 Å². The van der Waals surface area contributed by atoms with Gasteiger partial charge in [0.15, 0.2) is 0 Å². The molecule has 0 saturated carbocycles. The van der Waals surface area contributed by atoms with E-state index in [-0.39, 0.29) is 11.8 Å². The number of allylic oxidation sites excluding steroid dienone is 1. The Morgan fingerprint density at radius 2 is 2.29 bits per heavy atom. The summed E-state index contributed by atoms with van der Waals surface area (Å²) in [5.41, 5.74) is 4.50. The molecule has 2 aliphatic rings. The first-order valence-corrected chi connectivity index (χ1v) is 7.27. The minimum absolute atomic E-state index is 0.213. The summed E-state index contributed by atoms with van der Waals surface area (Å²) in [6, 6.07) is 6.38. The van der Waals surface area contributed by atoms with E-state index in [0.717, 1.165) is 23.2 Å². The van der Waals surface area contributed by atoms with Crippen LogP contribution in [0.2, 0.25) is 0 Å². The molecule has 1 aromatic heterocycles. The second kappa shape index (κ2) is 4.58. The third kappa shape index (κ3) is 1.98. The molecule has 4 rings (SSSR count). The number of aromatic amines is 1. The maximum absolute atomic E-state index is 11.2. The van der Waals surface area contributed by atoms with Crippen LogP contribution in [0.1, 0.15) is 24.0 Å². The smallest absolute Gasteiger partial charge is 0.308 e. The molecule has 4 heteroatoms. The molecular weight excluding hydrogens is 264 g/mol. The monoisotopic (exact) mass is 280 g/mol. The highest BCUT2D eigenvalue weighted by Gasteiger charge is 2.31. The highest BCUT2D eigenvalue weighted by atomic mass is 16.4. The van der Waals surface area contributed by atoms with Gasteiger partial charge in [-0.05, 0) is 42.0 Å². The number of carboxylic acid groups (broad SMARTS) is 1. The number of carbonyl (C=O) groups is 1.